The Balaban J connectivity index is 2.42. The van der Waals surface area contributed by atoms with Gasteiger partial charge in [-0.15, -0.1) is 11.8 Å². The molecule has 1 rings (SSSR count). The number of amides is 1. The molecule has 0 aromatic rings. The van der Waals surface area contributed by atoms with Crippen molar-refractivity contribution in [3.8, 4) is 11.8 Å². The summed E-state index contributed by atoms with van der Waals surface area (Å²) in [5.74, 6) is 6.65. The van der Waals surface area contributed by atoms with E-state index in [0.717, 1.165) is 18.8 Å². The second kappa shape index (κ2) is 7.03. The molecule has 5 heteroatoms. The fourth-order valence-corrected chi connectivity index (χ4v) is 1.60. The lowest BCUT2D eigenvalue weighted by Gasteiger charge is -2.29. The number of carbonyl (C=O) groups excluding carboxylic acids is 1. The van der Waals surface area contributed by atoms with Gasteiger partial charge in [0.05, 0.1) is 13.1 Å². The van der Waals surface area contributed by atoms with E-state index in [1.165, 1.54) is 0 Å². The van der Waals surface area contributed by atoms with Gasteiger partial charge in [0.25, 0.3) is 0 Å². The second-order valence-corrected chi connectivity index (χ2v) is 5.33. The van der Waals surface area contributed by atoms with Crippen molar-refractivity contribution < 1.29 is 9.53 Å². The van der Waals surface area contributed by atoms with E-state index in [1.807, 2.05) is 27.7 Å². The van der Waals surface area contributed by atoms with Crippen LogP contribution < -0.4 is 5.32 Å². The molecule has 1 amide bonds. The van der Waals surface area contributed by atoms with Crippen LogP contribution in [-0.2, 0) is 4.74 Å². The van der Waals surface area contributed by atoms with Gasteiger partial charge in [-0.3, -0.25) is 9.89 Å². The smallest absolute Gasteiger partial charge is 0.410 e. The molecule has 0 spiro atoms. The van der Waals surface area contributed by atoms with Gasteiger partial charge in [0.1, 0.15) is 11.4 Å². The van der Waals surface area contributed by atoms with Gasteiger partial charge in [0, 0.05) is 19.5 Å². The molecule has 5 nitrogen and oxygen atoms in total. The average Bonchev–Trinajstić information content (AvgIpc) is 2.33. The zero-order valence-electron chi connectivity index (χ0n) is 12.2. The van der Waals surface area contributed by atoms with Gasteiger partial charge in [-0.2, -0.15) is 0 Å². The van der Waals surface area contributed by atoms with Crippen molar-refractivity contribution in [1.82, 2.24) is 10.2 Å². The summed E-state index contributed by atoms with van der Waals surface area (Å²) in [5, 5.41) is 3.20. The number of amidine groups is 1. The quantitative estimate of drug-likeness (QED) is 0.610. The van der Waals surface area contributed by atoms with Crippen LogP contribution in [0.3, 0.4) is 0 Å². The van der Waals surface area contributed by atoms with Crippen molar-refractivity contribution in [2.24, 2.45) is 4.99 Å². The summed E-state index contributed by atoms with van der Waals surface area (Å²) in [7, 11) is 0. The zero-order chi connectivity index (χ0) is 14.3. The summed E-state index contributed by atoms with van der Waals surface area (Å²) in [4.78, 5) is 18.0. The maximum absolute atomic E-state index is 11.9. The predicted octanol–water partition coefficient (Wildman–Crippen LogP) is 1.64. The van der Waals surface area contributed by atoms with Gasteiger partial charge in [0.15, 0.2) is 0 Å². The summed E-state index contributed by atoms with van der Waals surface area (Å²) in [6, 6.07) is 0. The van der Waals surface area contributed by atoms with Crippen LogP contribution in [0.2, 0.25) is 0 Å². The number of rotatable bonds is 2. The van der Waals surface area contributed by atoms with Crippen molar-refractivity contribution in [2.45, 2.75) is 39.7 Å². The fourth-order valence-electron chi connectivity index (χ4n) is 1.60. The Morgan fingerprint density at radius 3 is 2.89 bits per heavy atom. The molecule has 1 aliphatic rings. The van der Waals surface area contributed by atoms with Crippen LogP contribution in [0.5, 0.6) is 0 Å². The predicted molar refractivity (Wildman–Crippen MR) is 76.2 cm³/mol. The van der Waals surface area contributed by atoms with E-state index in [-0.39, 0.29) is 6.09 Å². The molecular formula is C14H23N3O2. The first-order valence-corrected chi connectivity index (χ1v) is 6.57. The van der Waals surface area contributed by atoms with E-state index < -0.39 is 5.60 Å². The van der Waals surface area contributed by atoms with E-state index in [0.29, 0.717) is 19.6 Å². The molecule has 0 aliphatic carbocycles. The van der Waals surface area contributed by atoms with Gasteiger partial charge >= 0.3 is 6.09 Å². The van der Waals surface area contributed by atoms with Crippen molar-refractivity contribution in [1.29, 1.82) is 0 Å². The van der Waals surface area contributed by atoms with E-state index in [2.05, 4.69) is 22.2 Å². The summed E-state index contributed by atoms with van der Waals surface area (Å²) in [6.45, 7) is 9.87. The molecule has 0 atom stereocenters. The lowest BCUT2D eigenvalue weighted by atomic mass is 10.2. The van der Waals surface area contributed by atoms with Gasteiger partial charge in [-0.05, 0) is 27.7 Å². The first kappa shape index (κ1) is 15.4. The number of ether oxygens (including phenoxy) is 1. The Morgan fingerprint density at radius 1 is 1.53 bits per heavy atom. The molecule has 0 aromatic carbocycles. The number of nitrogens with zero attached hydrogens (tertiary/aromatic N) is 2. The van der Waals surface area contributed by atoms with Crippen LogP contribution in [0, 0.1) is 11.8 Å². The van der Waals surface area contributed by atoms with Gasteiger partial charge in [0.2, 0.25) is 0 Å². The van der Waals surface area contributed by atoms with Gasteiger partial charge in [-0.25, -0.2) is 4.79 Å². The normalized spacial score (nSPS) is 15.2. The summed E-state index contributed by atoms with van der Waals surface area (Å²) >= 11 is 0. The van der Waals surface area contributed by atoms with Gasteiger partial charge in [-0.1, -0.05) is 0 Å². The Bertz CT molecular complexity index is 399. The van der Waals surface area contributed by atoms with Crippen molar-refractivity contribution in [2.75, 3.05) is 26.2 Å². The maximum atomic E-state index is 11.9. The molecule has 19 heavy (non-hydrogen) atoms. The fraction of sp³-hybridized carbons (Fsp3) is 0.714. The highest BCUT2D eigenvalue weighted by Crippen LogP contribution is 2.10. The molecule has 0 bridgehead atoms. The molecule has 0 radical (unpaired) electrons. The topological polar surface area (TPSA) is 53.9 Å². The average molecular weight is 265 g/mol. The monoisotopic (exact) mass is 265 g/mol. The van der Waals surface area contributed by atoms with Crippen molar-refractivity contribution in [3.05, 3.63) is 0 Å². The minimum atomic E-state index is -0.462. The number of nitrogens with one attached hydrogen (secondary N) is 1. The van der Waals surface area contributed by atoms with E-state index in [1.54, 1.807) is 4.90 Å². The third-order valence-corrected chi connectivity index (χ3v) is 2.42. The van der Waals surface area contributed by atoms with Gasteiger partial charge < -0.3 is 10.1 Å². The van der Waals surface area contributed by atoms with Crippen molar-refractivity contribution >= 4 is 11.9 Å². The number of carbonyl (C=O) groups is 1. The SMILES string of the molecule is CC#CCCNC1=NCCN(C(=O)OC(C)(C)C)C1. The maximum Gasteiger partial charge on any atom is 0.410 e. The third kappa shape index (κ3) is 6.14. The molecule has 0 unspecified atom stereocenters. The highest BCUT2D eigenvalue weighted by atomic mass is 16.6. The Labute approximate surface area is 115 Å². The molecule has 0 saturated heterocycles. The first-order chi connectivity index (χ1) is 8.92. The molecule has 0 saturated carbocycles. The zero-order valence-corrected chi connectivity index (χ0v) is 12.2. The van der Waals surface area contributed by atoms with Crippen molar-refractivity contribution in [3.63, 3.8) is 0 Å². The van der Waals surface area contributed by atoms with Crippen LogP contribution in [-0.4, -0.2) is 48.6 Å². The Hall–Kier alpha value is -1.70. The van der Waals surface area contributed by atoms with Crippen LogP contribution in [0.25, 0.3) is 0 Å². The summed E-state index contributed by atoms with van der Waals surface area (Å²) in [5.41, 5.74) is -0.462. The molecule has 1 aliphatic heterocycles. The Kier molecular flexibility index (Phi) is 5.68. The molecular weight excluding hydrogens is 242 g/mol. The minimum absolute atomic E-state index is 0.282. The highest BCUT2D eigenvalue weighted by Gasteiger charge is 2.24. The largest absolute Gasteiger partial charge is 0.444 e. The third-order valence-electron chi connectivity index (χ3n) is 2.42. The lowest BCUT2D eigenvalue weighted by molar-refractivity contribution is 0.0276. The highest BCUT2D eigenvalue weighted by molar-refractivity contribution is 5.87. The summed E-state index contributed by atoms with van der Waals surface area (Å²) < 4.78 is 5.35. The molecule has 106 valence electrons. The van der Waals surface area contributed by atoms with E-state index in [9.17, 15) is 4.79 Å². The molecule has 1 N–H and O–H groups in total. The molecule has 0 aromatic heterocycles. The van der Waals surface area contributed by atoms with Crippen LogP contribution >= 0.6 is 0 Å². The number of aliphatic imine (C=N–C) groups is 1. The van der Waals surface area contributed by atoms with E-state index >= 15 is 0 Å². The molecule has 0 fully saturated rings. The standard InChI is InChI=1S/C14H23N3O2/c1-5-6-7-8-15-12-11-17(10-9-16-12)13(18)19-14(2,3)4/h7-11H2,1-4H3,(H,15,16). The first-order valence-electron chi connectivity index (χ1n) is 6.57. The second-order valence-electron chi connectivity index (χ2n) is 5.33. The minimum Gasteiger partial charge on any atom is -0.444 e. The van der Waals surface area contributed by atoms with E-state index in [4.69, 9.17) is 4.74 Å². The number of hydrogen-bond donors (Lipinski definition) is 1. The van der Waals surface area contributed by atoms with Crippen LogP contribution in [0.4, 0.5) is 4.79 Å². The van der Waals surface area contributed by atoms with Crippen LogP contribution in [0.15, 0.2) is 4.99 Å². The summed E-state index contributed by atoms with van der Waals surface area (Å²) in [6.07, 6.45) is 0.497. The Morgan fingerprint density at radius 2 is 2.26 bits per heavy atom. The molecule has 1 heterocycles. The van der Waals surface area contributed by atoms with Crippen LogP contribution in [0.1, 0.15) is 34.1 Å². The number of hydrogen-bond acceptors (Lipinski definition) is 4. The lowest BCUT2D eigenvalue weighted by Crippen LogP contribution is -2.47.